The Bertz CT molecular complexity index is 2450. The molecule has 0 aliphatic heterocycles. The van der Waals surface area contributed by atoms with Gasteiger partial charge in [0, 0.05) is 5.56 Å². The van der Waals surface area contributed by atoms with Gasteiger partial charge in [0.15, 0.2) is 69.8 Å². The van der Waals surface area contributed by atoms with E-state index < -0.39 is 154 Å². The summed E-state index contributed by atoms with van der Waals surface area (Å²) in [4.78, 5) is 0. The zero-order valence-corrected chi connectivity index (χ0v) is 31.6. The first kappa shape index (κ1) is 48.0. The molecule has 0 bridgehead atoms. The van der Waals surface area contributed by atoms with Crippen molar-refractivity contribution in [3.8, 4) is 11.5 Å². The highest BCUT2D eigenvalue weighted by Gasteiger charge is 2.52. The van der Waals surface area contributed by atoms with Crippen LogP contribution in [0, 0.1) is 116 Å². The summed E-state index contributed by atoms with van der Waals surface area (Å²) in [5.74, 6) is -69.2. The van der Waals surface area contributed by atoms with Crippen LogP contribution in [0.1, 0.15) is 5.56 Å². The standard InChI is InChI=1S/C24BF20.C15H17O2S/c26-5-1(6(27)14(35)21(42)13(5)34)25(2-7(28)15(36)22(43)16(37)8(2)29,3-9(30)17(38)23(44)18(39)10(3)31)4-11(32)19(40)24(45)20(41)12(4)33;1-18(2,16)12-13-8-10-15(11-9-13)17-14-6-4-3-5-7-14/h;3-11H,12H2,1-2H3/q-1;+1. The second-order valence-corrected chi connectivity index (χ2v) is 16.6. The molecule has 0 N–H and O–H groups in total. The molecule has 6 aromatic rings. The molecule has 2 nitrogen and oxygen atoms in total. The third-order valence-corrected chi connectivity index (χ3v) is 10.2. The number of hydrogen-bond acceptors (Lipinski definition) is 2. The van der Waals surface area contributed by atoms with Crippen LogP contribution in [-0.2, 0) is 19.9 Å². The molecule has 6 rings (SSSR count). The second-order valence-electron chi connectivity index (χ2n) is 13.4. The van der Waals surface area contributed by atoms with Gasteiger partial charge in [-0.1, -0.05) is 30.3 Å². The quantitative estimate of drug-likeness (QED) is 0.0500. The van der Waals surface area contributed by atoms with E-state index >= 15 is 35.1 Å². The Morgan fingerprint density at radius 2 is 0.571 bits per heavy atom. The molecule has 334 valence electrons. The Morgan fingerprint density at radius 3 is 0.810 bits per heavy atom. The van der Waals surface area contributed by atoms with E-state index in [-0.39, 0.29) is 0 Å². The molecule has 0 amide bonds. The van der Waals surface area contributed by atoms with Crippen LogP contribution in [0.4, 0.5) is 87.8 Å². The fourth-order valence-electron chi connectivity index (χ4n) is 6.55. The second kappa shape index (κ2) is 17.6. The van der Waals surface area contributed by atoms with Crippen molar-refractivity contribution in [1.82, 2.24) is 0 Å². The fourth-order valence-corrected chi connectivity index (χ4v) is 7.55. The molecule has 0 aliphatic carbocycles. The first-order chi connectivity index (χ1) is 29.2. The van der Waals surface area contributed by atoms with Crippen LogP contribution in [-0.4, -0.2) is 18.7 Å². The fraction of sp³-hybridized carbons (Fsp3) is 0.0769. The average Bonchev–Trinajstić information content (AvgIpc) is 3.24. The van der Waals surface area contributed by atoms with Crippen LogP contribution in [0.25, 0.3) is 0 Å². The minimum atomic E-state index is -7.22. The third kappa shape index (κ3) is 8.19. The van der Waals surface area contributed by atoms with Crippen LogP contribution in [0.5, 0.6) is 11.5 Å². The first-order valence-electron chi connectivity index (χ1n) is 16.7. The van der Waals surface area contributed by atoms with Gasteiger partial charge in [0.05, 0.1) is 9.93 Å². The van der Waals surface area contributed by atoms with Gasteiger partial charge >= 0.3 is 0 Å². The van der Waals surface area contributed by atoms with Gasteiger partial charge in [-0.15, -0.1) is 26.1 Å². The minimum Gasteiger partial charge on any atom is -0.457 e. The van der Waals surface area contributed by atoms with Crippen molar-refractivity contribution >= 4 is 37.9 Å². The molecule has 63 heavy (non-hydrogen) atoms. The molecule has 0 unspecified atom stereocenters. The number of rotatable bonds is 8. The first-order valence-corrected chi connectivity index (χ1v) is 19.2. The predicted octanol–water partition coefficient (Wildman–Crippen LogP) is 9.58. The highest BCUT2D eigenvalue weighted by atomic mass is 32.2. The number of hydrogen-bond donors (Lipinski definition) is 0. The highest BCUT2D eigenvalue weighted by molar-refractivity contribution is 8.00. The third-order valence-electron chi connectivity index (χ3n) is 9.12. The van der Waals surface area contributed by atoms with E-state index in [0.717, 1.165) is 17.1 Å². The molecule has 0 aliphatic rings. The van der Waals surface area contributed by atoms with Crippen LogP contribution >= 0.6 is 0 Å². The summed E-state index contributed by atoms with van der Waals surface area (Å²) < 4.78 is 311. The molecule has 0 heterocycles. The maximum absolute atomic E-state index is 15.4. The summed E-state index contributed by atoms with van der Waals surface area (Å²) in [6.07, 6.45) is -3.66. The van der Waals surface area contributed by atoms with E-state index in [0.29, 0.717) is 5.75 Å². The molecule has 0 aromatic heterocycles. The van der Waals surface area contributed by atoms with Crippen molar-refractivity contribution in [1.29, 1.82) is 0 Å². The van der Waals surface area contributed by atoms with Gasteiger partial charge in [-0.25, -0.2) is 87.8 Å². The van der Waals surface area contributed by atoms with Crippen molar-refractivity contribution in [3.63, 3.8) is 0 Å². The van der Waals surface area contributed by atoms with Crippen molar-refractivity contribution in [2.24, 2.45) is 0 Å². The smallest absolute Gasteiger partial charge is 0.200 e. The molecule has 0 spiro atoms. The zero-order valence-electron chi connectivity index (χ0n) is 30.8. The topological polar surface area (TPSA) is 26.3 Å². The van der Waals surface area contributed by atoms with E-state index in [1.807, 2.05) is 54.6 Å². The average molecular weight is 940 g/mol. The van der Waals surface area contributed by atoms with E-state index in [9.17, 15) is 56.9 Å². The van der Waals surface area contributed by atoms with Gasteiger partial charge in [-0.2, -0.15) is 0 Å². The minimum absolute atomic E-state index is 0.610. The van der Waals surface area contributed by atoms with Gasteiger partial charge in [-0.05, 0) is 24.3 Å². The predicted molar refractivity (Wildman–Crippen MR) is 186 cm³/mol. The summed E-state index contributed by atoms with van der Waals surface area (Å²) in [7, 11) is -1.74. The molecule has 0 saturated carbocycles. The monoisotopic (exact) mass is 940 g/mol. The van der Waals surface area contributed by atoms with E-state index in [1.54, 1.807) is 12.5 Å². The van der Waals surface area contributed by atoms with E-state index in [4.69, 9.17) is 4.74 Å². The maximum atomic E-state index is 15.4. The molecule has 0 atom stereocenters. The van der Waals surface area contributed by atoms with E-state index in [2.05, 4.69) is 0 Å². The number of ether oxygens (including phenoxy) is 1. The summed E-state index contributed by atoms with van der Waals surface area (Å²) in [5, 5.41) is 0. The van der Waals surface area contributed by atoms with Gasteiger partial charge in [0.1, 0.15) is 82.4 Å². The summed E-state index contributed by atoms with van der Waals surface area (Å²) in [6.45, 7) is 0. The number of para-hydroxylation sites is 1. The molecule has 0 saturated heterocycles. The van der Waals surface area contributed by atoms with Crippen LogP contribution < -0.4 is 26.6 Å². The largest absolute Gasteiger partial charge is 0.457 e. The maximum Gasteiger partial charge on any atom is 0.200 e. The van der Waals surface area contributed by atoms with Gasteiger partial charge in [0.25, 0.3) is 0 Å². The van der Waals surface area contributed by atoms with Crippen LogP contribution in [0.2, 0.25) is 0 Å². The summed E-state index contributed by atoms with van der Waals surface area (Å²) in [6, 6.07) is 17.4. The molecule has 0 fully saturated rings. The number of halogens is 20. The molecule has 6 aromatic carbocycles. The van der Waals surface area contributed by atoms with Crippen molar-refractivity contribution < 1.29 is 96.8 Å². The summed E-state index contributed by atoms with van der Waals surface area (Å²) >= 11 is 0. The highest BCUT2D eigenvalue weighted by Crippen LogP contribution is 2.31. The lowest BCUT2D eigenvalue weighted by Gasteiger charge is -2.44. The SMILES string of the molecule is C[S+](C)(=O)Cc1ccc(Oc2ccccc2)cc1.Fc1c(F)c(F)c([B-](c2c(F)c(F)c(F)c(F)c2F)(c2c(F)c(F)c(F)c(F)c2F)c2c(F)c(F)c(F)c(F)c2F)c(F)c1F. The summed E-state index contributed by atoms with van der Waals surface area (Å²) in [5.41, 5.74) is -13.3. The lowest BCUT2D eigenvalue weighted by molar-refractivity contribution is 0.378. The lowest BCUT2D eigenvalue weighted by Crippen LogP contribution is -2.81. The van der Waals surface area contributed by atoms with Gasteiger partial charge in [-0.3, -0.25) is 0 Å². The molecule has 24 heteroatoms. The molecule has 0 radical (unpaired) electrons. The zero-order chi connectivity index (χ0) is 47.4. The molecular weight excluding hydrogens is 923 g/mol. The van der Waals surface area contributed by atoms with Crippen molar-refractivity contribution in [3.05, 3.63) is 177 Å². The molecular formula is C39H17BF20O2S. The lowest BCUT2D eigenvalue weighted by atomic mass is 9.12. The van der Waals surface area contributed by atoms with Crippen molar-refractivity contribution in [2.45, 2.75) is 5.75 Å². The van der Waals surface area contributed by atoms with Gasteiger partial charge in [0.2, 0.25) is 0 Å². The van der Waals surface area contributed by atoms with E-state index in [1.165, 1.54) is 0 Å². The Morgan fingerprint density at radius 1 is 0.349 bits per heavy atom. The Kier molecular flexibility index (Phi) is 13.4. The van der Waals surface area contributed by atoms with Gasteiger partial charge < -0.3 is 4.74 Å². The number of benzene rings is 6. The Labute approximate surface area is 340 Å². The van der Waals surface area contributed by atoms with Crippen molar-refractivity contribution in [2.75, 3.05) is 12.5 Å². The van der Waals surface area contributed by atoms with Crippen LogP contribution in [0.3, 0.4) is 0 Å². The normalized spacial score (nSPS) is 11.8. The van der Waals surface area contributed by atoms with Crippen LogP contribution in [0.15, 0.2) is 54.6 Å². The Balaban J connectivity index is 0.000000345. The Hall–Kier alpha value is -6.07.